The van der Waals surface area contributed by atoms with Crippen LogP contribution >= 0.6 is 11.6 Å². The van der Waals surface area contributed by atoms with Crippen LogP contribution < -0.4 is 10.2 Å². The molecule has 112 valence electrons. The van der Waals surface area contributed by atoms with Gasteiger partial charge in [0.05, 0.1) is 0 Å². The molecule has 0 amide bonds. The number of rotatable bonds is 6. The van der Waals surface area contributed by atoms with E-state index in [1.165, 1.54) is 17.8 Å². The Bertz CT molecular complexity index is 560. The van der Waals surface area contributed by atoms with Crippen molar-refractivity contribution in [1.29, 1.82) is 0 Å². The van der Waals surface area contributed by atoms with Gasteiger partial charge in [-0.15, -0.1) is 0 Å². The number of anilines is 2. The molecule has 0 aliphatic heterocycles. The Kier molecular flexibility index (Phi) is 5.45. The molecular formula is C17H20ClFN2. The van der Waals surface area contributed by atoms with Crippen molar-refractivity contribution in [1.82, 2.24) is 0 Å². The van der Waals surface area contributed by atoms with Crippen molar-refractivity contribution in [2.75, 3.05) is 23.3 Å². The maximum Gasteiger partial charge on any atom is 0.126 e. The largest absolute Gasteiger partial charge is 0.381 e. The molecule has 21 heavy (non-hydrogen) atoms. The van der Waals surface area contributed by atoms with Gasteiger partial charge in [-0.3, -0.25) is 0 Å². The van der Waals surface area contributed by atoms with Gasteiger partial charge in [-0.2, -0.15) is 0 Å². The molecule has 0 aliphatic carbocycles. The maximum absolute atomic E-state index is 13.2. The SMILES string of the molecule is CCN(CC)c1ccc(CNc2cc(F)cc(Cl)c2)cc1. The first-order valence-electron chi connectivity index (χ1n) is 7.16. The van der Waals surface area contributed by atoms with E-state index in [2.05, 4.69) is 48.3 Å². The Balaban J connectivity index is 2.00. The molecule has 0 saturated carbocycles. The molecule has 2 aromatic rings. The van der Waals surface area contributed by atoms with E-state index < -0.39 is 0 Å². The van der Waals surface area contributed by atoms with Gasteiger partial charge in [0.1, 0.15) is 5.82 Å². The molecule has 0 spiro atoms. The van der Waals surface area contributed by atoms with Gasteiger partial charge in [-0.25, -0.2) is 4.39 Å². The van der Waals surface area contributed by atoms with Gasteiger partial charge in [0, 0.05) is 36.0 Å². The normalized spacial score (nSPS) is 10.5. The summed E-state index contributed by atoms with van der Waals surface area (Å²) in [5.74, 6) is -0.332. The summed E-state index contributed by atoms with van der Waals surface area (Å²) in [4.78, 5) is 2.30. The second kappa shape index (κ2) is 7.32. The highest BCUT2D eigenvalue weighted by molar-refractivity contribution is 6.30. The zero-order valence-corrected chi connectivity index (χ0v) is 13.1. The molecular weight excluding hydrogens is 287 g/mol. The first-order chi connectivity index (χ1) is 10.1. The van der Waals surface area contributed by atoms with Crippen LogP contribution in [-0.4, -0.2) is 13.1 Å². The average molecular weight is 307 g/mol. The van der Waals surface area contributed by atoms with Crippen LogP contribution in [0.15, 0.2) is 42.5 Å². The van der Waals surface area contributed by atoms with Crippen molar-refractivity contribution < 1.29 is 4.39 Å². The molecule has 0 aliphatic rings. The molecule has 0 fully saturated rings. The van der Waals surface area contributed by atoms with Crippen LogP contribution in [0.2, 0.25) is 5.02 Å². The number of benzene rings is 2. The first-order valence-corrected chi connectivity index (χ1v) is 7.54. The summed E-state index contributed by atoms with van der Waals surface area (Å²) in [6.07, 6.45) is 0. The summed E-state index contributed by atoms with van der Waals surface area (Å²) in [6.45, 7) is 6.92. The van der Waals surface area contributed by atoms with Crippen molar-refractivity contribution in [2.45, 2.75) is 20.4 Å². The van der Waals surface area contributed by atoms with Gasteiger partial charge in [0.25, 0.3) is 0 Å². The van der Waals surface area contributed by atoms with Gasteiger partial charge in [-0.1, -0.05) is 23.7 Å². The van der Waals surface area contributed by atoms with E-state index in [-0.39, 0.29) is 5.82 Å². The van der Waals surface area contributed by atoms with Crippen molar-refractivity contribution in [2.24, 2.45) is 0 Å². The lowest BCUT2D eigenvalue weighted by Crippen LogP contribution is -2.21. The number of nitrogens with zero attached hydrogens (tertiary/aromatic N) is 1. The molecule has 0 aromatic heterocycles. The van der Waals surface area contributed by atoms with E-state index in [4.69, 9.17) is 11.6 Å². The highest BCUT2D eigenvalue weighted by Crippen LogP contribution is 2.20. The van der Waals surface area contributed by atoms with Gasteiger partial charge in [-0.05, 0) is 49.7 Å². The Hall–Kier alpha value is -1.74. The second-order valence-corrected chi connectivity index (χ2v) is 5.29. The fraction of sp³-hybridized carbons (Fsp3) is 0.294. The van der Waals surface area contributed by atoms with Crippen LogP contribution in [0.1, 0.15) is 19.4 Å². The molecule has 0 unspecified atom stereocenters. The van der Waals surface area contributed by atoms with Crippen LogP contribution in [0.4, 0.5) is 15.8 Å². The minimum Gasteiger partial charge on any atom is -0.381 e. The van der Waals surface area contributed by atoms with Crippen LogP contribution in [0.25, 0.3) is 0 Å². The number of nitrogens with one attached hydrogen (secondary N) is 1. The van der Waals surface area contributed by atoms with Gasteiger partial charge in [0.2, 0.25) is 0 Å². The molecule has 4 heteroatoms. The first kappa shape index (κ1) is 15.6. The van der Waals surface area contributed by atoms with E-state index in [9.17, 15) is 4.39 Å². The minimum atomic E-state index is -0.332. The summed E-state index contributed by atoms with van der Waals surface area (Å²) in [6, 6.07) is 12.9. The minimum absolute atomic E-state index is 0.332. The third kappa shape index (κ3) is 4.36. The molecule has 2 nitrogen and oxygen atoms in total. The van der Waals surface area contributed by atoms with Gasteiger partial charge >= 0.3 is 0 Å². The number of hydrogen-bond acceptors (Lipinski definition) is 2. The summed E-state index contributed by atoms with van der Waals surface area (Å²) in [5.41, 5.74) is 3.05. The number of hydrogen-bond donors (Lipinski definition) is 1. The van der Waals surface area contributed by atoms with Gasteiger partial charge < -0.3 is 10.2 Å². The van der Waals surface area contributed by atoms with Crippen LogP contribution in [-0.2, 0) is 6.54 Å². The number of halogens is 2. The maximum atomic E-state index is 13.2. The molecule has 2 rings (SSSR count). The highest BCUT2D eigenvalue weighted by atomic mass is 35.5. The Morgan fingerprint density at radius 1 is 1.05 bits per heavy atom. The fourth-order valence-electron chi connectivity index (χ4n) is 2.27. The van der Waals surface area contributed by atoms with Crippen molar-refractivity contribution in [3.05, 3.63) is 58.9 Å². The monoisotopic (exact) mass is 306 g/mol. The molecule has 1 N–H and O–H groups in total. The Morgan fingerprint density at radius 3 is 2.29 bits per heavy atom. The van der Waals surface area contributed by atoms with E-state index in [1.807, 2.05) is 0 Å². The highest BCUT2D eigenvalue weighted by Gasteiger charge is 2.02. The predicted molar refractivity (Wildman–Crippen MR) is 88.7 cm³/mol. The van der Waals surface area contributed by atoms with Crippen LogP contribution in [0.3, 0.4) is 0 Å². The van der Waals surface area contributed by atoms with Crippen molar-refractivity contribution >= 4 is 23.0 Å². The van der Waals surface area contributed by atoms with E-state index in [1.54, 1.807) is 6.07 Å². The zero-order chi connectivity index (χ0) is 15.2. The quantitative estimate of drug-likeness (QED) is 0.813. The standard InChI is InChI=1S/C17H20ClFN2/c1-3-21(4-2)17-7-5-13(6-8-17)12-20-16-10-14(18)9-15(19)11-16/h5-11,20H,3-4,12H2,1-2H3. The van der Waals surface area contributed by atoms with Crippen molar-refractivity contribution in [3.63, 3.8) is 0 Å². The molecule has 0 saturated heterocycles. The Labute approximate surface area is 130 Å². The van der Waals surface area contributed by atoms with Crippen LogP contribution in [0.5, 0.6) is 0 Å². The average Bonchev–Trinajstić information content (AvgIpc) is 2.47. The summed E-state index contributed by atoms with van der Waals surface area (Å²) < 4.78 is 13.2. The lowest BCUT2D eigenvalue weighted by atomic mass is 10.2. The lowest BCUT2D eigenvalue weighted by Gasteiger charge is -2.21. The van der Waals surface area contributed by atoms with E-state index in [0.717, 1.165) is 18.7 Å². The predicted octanol–water partition coefficient (Wildman–Crippen LogP) is 4.94. The van der Waals surface area contributed by atoms with E-state index in [0.29, 0.717) is 17.3 Å². The summed E-state index contributed by atoms with van der Waals surface area (Å²) >= 11 is 5.83. The molecule has 0 atom stereocenters. The summed E-state index contributed by atoms with van der Waals surface area (Å²) in [7, 11) is 0. The molecule has 0 heterocycles. The lowest BCUT2D eigenvalue weighted by molar-refractivity contribution is 0.628. The molecule has 2 aromatic carbocycles. The fourth-order valence-corrected chi connectivity index (χ4v) is 2.50. The van der Waals surface area contributed by atoms with E-state index >= 15 is 0 Å². The topological polar surface area (TPSA) is 15.3 Å². The van der Waals surface area contributed by atoms with Crippen LogP contribution in [0, 0.1) is 5.82 Å². The zero-order valence-electron chi connectivity index (χ0n) is 12.4. The molecule has 0 bridgehead atoms. The van der Waals surface area contributed by atoms with Gasteiger partial charge in [0.15, 0.2) is 0 Å². The third-order valence-electron chi connectivity index (χ3n) is 3.42. The van der Waals surface area contributed by atoms with Crippen molar-refractivity contribution in [3.8, 4) is 0 Å². The second-order valence-electron chi connectivity index (χ2n) is 4.85. The summed E-state index contributed by atoms with van der Waals surface area (Å²) in [5, 5.41) is 3.58. The smallest absolute Gasteiger partial charge is 0.126 e. The Morgan fingerprint density at radius 2 is 1.71 bits per heavy atom. The third-order valence-corrected chi connectivity index (χ3v) is 3.64. The molecule has 0 radical (unpaired) electrons.